The van der Waals surface area contributed by atoms with Crippen LogP contribution in [-0.4, -0.2) is 19.1 Å². The molecule has 12 rings (SSSR count). The van der Waals surface area contributed by atoms with Crippen LogP contribution in [0.4, 0.5) is 0 Å². The Bertz CT molecular complexity index is 3540. The molecule has 12 aromatic rings. The number of hydrogen-bond acceptors (Lipinski definition) is 3. The molecule has 0 aliphatic carbocycles. The molecule has 262 valence electrons. The van der Waals surface area contributed by atoms with Crippen molar-refractivity contribution in [2.24, 2.45) is 0 Å². The molecule has 0 aliphatic rings. The second-order valence-electron chi connectivity index (χ2n) is 14.6. The Labute approximate surface area is 326 Å². The van der Waals surface area contributed by atoms with E-state index in [1.54, 1.807) is 0 Å². The van der Waals surface area contributed by atoms with Gasteiger partial charge in [-0.2, -0.15) is 0 Å². The van der Waals surface area contributed by atoms with Gasteiger partial charge in [-0.15, -0.1) is 11.3 Å². The summed E-state index contributed by atoms with van der Waals surface area (Å²) in [6.45, 7) is 2.19. The van der Waals surface area contributed by atoms with E-state index in [4.69, 9.17) is 9.97 Å². The number of thiophene rings is 1. The zero-order valence-corrected chi connectivity index (χ0v) is 31.3. The van der Waals surface area contributed by atoms with E-state index < -0.39 is 0 Å². The van der Waals surface area contributed by atoms with Gasteiger partial charge in [-0.25, -0.2) is 9.97 Å². The lowest BCUT2D eigenvalue weighted by molar-refractivity contribution is 1.14. The van der Waals surface area contributed by atoms with Crippen LogP contribution in [0, 0.1) is 6.92 Å². The topological polar surface area (TPSA) is 35.6 Å². The van der Waals surface area contributed by atoms with Gasteiger partial charge >= 0.3 is 0 Å². The number of para-hydroxylation sites is 4. The van der Waals surface area contributed by atoms with E-state index in [9.17, 15) is 0 Å². The highest BCUT2D eigenvalue weighted by Gasteiger charge is 2.27. The Balaban J connectivity index is 1.21. The minimum Gasteiger partial charge on any atom is -0.307 e. The maximum Gasteiger partial charge on any atom is 0.160 e. The van der Waals surface area contributed by atoms with Gasteiger partial charge in [0.15, 0.2) is 5.82 Å². The van der Waals surface area contributed by atoms with Crippen LogP contribution < -0.4 is 0 Å². The molecular weight excluding hydrogens is 701 g/mol. The second kappa shape index (κ2) is 12.0. The number of aromatic nitrogens is 4. The molecule has 0 fully saturated rings. The third-order valence-corrected chi connectivity index (χ3v) is 12.6. The number of aryl methyl sites for hydroxylation is 1. The van der Waals surface area contributed by atoms with Crippen molar-refractivity contribution in [1.82, 2.24) is 19.1 Å². The van der Waals surface area contributed by atoms with Gasteiger partial charge < -0.3 is 9.13 Å². The average molecular weight is 733 g/mol. The van der Waals surface area contributed by atoms with Gasteiger partial charge in [0.25, 0.3) is 0 Å². The van der Waals surface area contributed by atoms with E-state index in [0.29, 0.717) is 0 Å². The minimum atomic E-state index is 0.729. The first-order valence-corrected chi connectivity index (χ1v) is 19.8. The summed E-state index contributed by atoms with van der Waals surface area (Å²) in [5.74, 6) is 0.729. The maximum atomic E-state index is 5.24. The van der Waals surface area contributed by atoms with E-state index >= 15 is 0 Å². The van der Waals surface area contributed by atoms with Gasteiger partial charge in [0, 0.05) is 69.6 Å². The van der Waals surface area contributed by atoms with Crippen molar-refractivity contribution in [3.63, 3.8) is 0 Å². The minimum absolute atomic E-state index is 0.729. The molecule has 4 heterocycles. The van der Waals surface area contributed by atoms with Crippen molar-refractivity contribution < 1.29 is 0 Å². The van der Waals surface area contributed by atoms with Gasteiger partial charge in [-0.3, -0.25) is 0 Å². The van der Waals surface area contributed by atoms with Crippen LogP contribution in [0.1, 0.15) is 5.56 Å². The Morgan fingerprint density at radius 1 is 0.464 bits per heavy atom. The zero-order valence-electron chi connectivity index (χ0n) is 30.4. The fourth-order valence-electron chi connectivity index (χ4n) is 9.05. The van der Waals surface area contributed by atoms with E-state index in [1.165, 1.54) is 63.8 Å². The number of fused-ring (bicyclic) bond motifs is 13. The summed E-state index contributed by atoms with van der Waals surface area (Å²) in [5, 5.41) is 8.77. The molecule has 0 unspecified atom stereocenters. The van der Waals surface area contributed by atoms with E-state index in [2.05, 4.69) is 186 Å². The molecule has 4 aromatic heterocycles. The largest absolute Gasteiger partial charge is 0.307 e. The van der Waals surface area contributed by atoms with Gasteiger partial charge in [0.2, 0.25) is 0 Å². The molecule has 0 bridgehead atoms. The van der Waals surface area contributed by atoms with Crippen LogP contribution in [0.2, 0.25) is 0 Å². The SMILES string of the molecule is Cc1cc(-n2c3ccccc3c3c4sc5ccccc5c4c4c5ccccc5n(-c5ccccc5)c4c32)ccc1-c1nc(-c2ccccc2)c2ccccc2n1. The molecule has 0 radical (unpaired) electrons. The summed E-state index contributed by atoms with van der Waals surface area (Å²) in [7, 11) is 0. The number of rotatable bonds is 4. The highest BCUT2D eigenvalue weighted by molar-refractivity contribution is 7.27. The highest BCUT2D eigenvalue weighted by Crippen LogP contribution is 2.51. The summed E-state index contributed by atoms with van der Waals surface area (Å²) in [5.41, 5.74) is 12.1. The first-order chi connectivity index (χ1) is 27.7. The molecule has 56 heavy (non-hydrogen) atoms. The number of nitrogens with zero attached hydrogens (tertiary/aromatic N) is 4. The standard InChI is InChI=1S/C51H32N4S/c1-31-30-34(28-29-35(31)51-52-40-24-12-8-20-36(40)47(53-51)32-16-4-2-5-17-32)55-42-26-14-10-22-38(42)46-49(55)48-44(45-39-23-11-15-27-43(39)56-50(45)46)37-21-9-13-25-41(37)54(48)33-18-6-3-7-19-33/h2-30H,1H3. The van der Waals surface area contributed by atoms with Crippen LogP contribution in [-0.2, 0) is 0 Å². The van der Waals surface area contributed by atoms with Crippen molar-refractivity contribution in [3.05, 3.63) is 181 Å². The van der Waals surface area contributed by atoms with E-state index in [1.807, 2.05) is 17.4 Å². The summed E-state index contributed by atoms with van der Waals surface area (Å²) < 4.78 is 7.62. The maximum absolute atomic E-state index is 5.24. The van der Waals surface area contributed by atoms with Crippen molar-refractivity contribution in [1.29, 1.82) is 0 Å². The molecule has 0 amide bonds. The summed E-state index contributed by atoms with van der Waals surface area (Å²) >= 11 is 1.91. The lowest BCUT2D eigenvalue weighted by atomic mass is 10.0. The predicted molar refractivity (Wildman–Crippen MR) is 237 cm³/mol. The Morgan fingerprint density at radius 2 is 1.05 bits per heavy atom. The smallest absolute Gasteiger partial charge is 0.160 e. The first kappa shape index (κ1) is 31.3. The van der Waals surface area contributed by atoms with Gasteiger partial charge in [0.1, 0.15) is 0 Å². The van der Waals surface area contributed by atoms with Crippen LogP contribution in [0.15, 0.2) is 176 Å². The highest BCUT2D eigenvalue weighted by atomic mass is 32.1. The fraction of sp³-hybridized carbons (Fsp3) is 0.0196. The molecule has 0 saturated carbocycles. The third-order valence-electron chi connectivity index (χ3n) is 11.4. The van der Waals surface area contributed by atoms with Crippen molar-refractivity contribution in [2.75, 3.05) is 0 Å². The van der Waals surface area contributed by atoms with Crippen LogP contribution >= 0.6 is 11.3 Å². The average Bonchev–Trinajstić information content (AvgIpc) is 3.92. The monoisotopic (exact) mass is 732 g/mol. The first-order valence-electron chi connectivity index (χ1n) is 19.0. The fourth-order valence-corrected chi connectivity index (χ4v) is 10.3. The quantitative estimate of drug-likeness (QED) is 0.181. The van der Waals surface area contributed by atoms with Crippen LogP contribution in [0.5, 0.6) is 0 Å². The van der Waals surface area contributed by atoms with E-state index in [-0.39, 0.29) is 0 Å². The molecule has 0 spiro atoms. The summed E-state index contributed by atoms with van der Waals surface area (Å²) in [6.07, 6.45) is 0. The summed E-state index contributed by atoms with van der Waals surface area (Å²) in [6, 6.07) is 63.1. The van der Waals surface area contributed by atoms with E-state index in [0.717, 1.165) is 50.5 Å². The molecular formula is C51H32N4S. The lowest BCUT2D eigenvalue weighted by Crippen LogP contribution is -2.00. The molecule has 0 N–H and O–H groups in total. The molecule has 0 saturated heterocycles. The van der Waals surface area contributed by atoms with Gasteiger partial charge in [0.05, 0.1) is 33.3 Å². The zero-order chi connectivity index (χ0) is 36.9. The van der Waals surface area contributed by atoms with Crippen LogP contribution in [0.3, 0.4) is 0 Å². The lowest BCUT2D eigenvalue weighted by Gasteiger charge is -2.15. The normalized spacial score (nSPS) is 12.0. The van der Waals surface area contributed by atoms with Crippen LogP contribution in [0.25, 0.3) is 109 Å². The molecule has 8 aromatic carbocycles. The Kier molecular flexibility index (Phi) is 6.68. The van der Waals surface area contributed by atoms with Crippen molar-refractivity contribution in [3.8, 4) is 34.0 Å². The third kappa shape index (κ3) is 4.40. The van der Waals surface area contributed by atoms with Crippen molar-refractivity contribution >= 4 is 86.0 Å². The predicted octanol–water partition coefficient (Wildman–Crippen LogP) is 13.8. The molecule has 4 nitrogen and oxygen atoms in total. The second-order valence-corrected chi connectivity index (χ2v) is 15.6. The number of hydrogen-bond donors (Lipinski definition) is 0. The molecule has 0 atom stereocenters. The molecule has 5 heteroatoms. The van der Waals surface area contributed by atoms with Crippen molar-refractivity contribution in [2.45, 2.75) is 6.92 Å². The summed E-state index contributed by atoms with van der Waals surface area (Å²) in [4.78, 5) is 10.4. The number of benzene rings is 8. The Morgan fingerprint density at radius 3 is 1.80 bits per heavy atom. The molecule has 0 aliphatic heterocycles. The Hall–Kier alpha value is -7.08. The van der Waals surface area contributed by atoms with Gasteiger partial charge in [-0.05, 0) is 67.1 Å². The van der Waals surface area contributed by atoms with Gasteiger partial charge in [-0.1, -0.05) is 121 Å².